The van der Waals surface area contributed by atoms with E-state index in [1.54, 1.807) is 0 Å². The van der Waals surface area contributed by atoms with Gasteiger partial charge in [-0.05, 0) is 67.9 Å². The van der Waals surface area contributed by atoms with Crippen LogP contribution in [0.5, 0.6) is 0 Å². The molecule has 3 nitrogen and oxygen atoms in total. The maximum Gasteiger partial charge on any atom is 0.220 e. The summed E-state index contributed by atoms with van der Waals surface area (Å²) in [6.07, 6.45) is 6.26. The lowest BCUT2D eigenvalue weighted by atomic mass is 9.89. The van der Waals surface area contributed by atoms with Crippen molar-refractivity contribution in [3.8, 4) is 11.1 Å². The Hall–Kier alpha value is -2.16. The van der Waals surface area contributed by atoms with Gasteiger partial charge in [0.25, 0.3) is 0 Å². The highest BCUT2D eigenvalue weighted by molar-refractivity contribution is 5.76. The van der Waals surface area contributed by atoms with Crippen LogP contribution in [-0.4, -0.2) is 16.9 Å². The Morgan fingerprint density at radius 1 is 1.16 bits per heavy atom. The quantitative estimate of drug-likeness (QED) is 0.769. The lowest BCUT2D eigenvalue weighted by Gasteiger charge is -2.17. The second kappa shape index (κ2) is 8.80. The summed E-state index contributed by atoms with van der Waals surface area (Å²) in [5.41, 5.74) is 6.25. The van der Waals surface area contributed by atoms with E-state index < -0.39 is 0 Å². The molecule has 1 unspecified atom stereocenters. The van der Waals surface area contributed by atoms with E-state index in [-0.39, 0.29) is 11.9 Å². The number of rotatable bonds is 7. The number of aryl methyl sites for hydroxylation is 2. The molecule has 1 amide bonds. The SMILES string of the molecule is CCC(C)c1ccncc1-c1ccc(CCC(=O)NC(C)C)cc1C. The molecular weight excluding hydrogens is 308 g/mol. The van der Waals surface area contributed by atoms with Crippen molar-refractivity contribution in [2.75, 3.05) is 0 Å². The Bertz CT molecular complexity index is 722. The van der Waals surface area contributed by atoms with E-state index in [4.69, 9.17) is 0 Å². The maximum absolute atomic E-state index is 11.8. The third-order valence-corrected chi connectivity index (χ3v) is 4.67. The first-order chi connectivity index (χ1) is 11.9. The zero-order chi connectivity index (χ0) is 18.4. The fourth-order valence-corrected chi connectivity index (χ4v) is 3.12. The van der Waals surface area contributed by atoms with E-state index in [0.29, 0.717) is 12.3 Å². The molecule has 1 atom stereocenters. The van der Waals surface area contributed by atoms with Crippen LogP contribution in [0.25, 0.3) is 11.1 Å². The van der Waals surface area contributed by atoms with Gasteiger partial charge in [0.1, 0.15) is 0 Å². The highest BCUT2D eigenvalue weighted by Crippen LogP contribution is 2.32. The minimum atomic E-state index is 0.114. The largest absolute Gasteiger partial charge is 0.354 e. The lowest BCUT2D eigenvalue weighted by molar-refractivity contribution is -0.121. The van der Waals surface area contributed by atoms with Crippen LogP contribution in [0.4, 0.5) is 0 Å². The van der Waals surface area contributed by atoms with Gasteiger partial charge >= 0.3 is 0 Å². The molecule has 3 heteroatoms. The first kappa shape index (κ1) is 19.2. The van der Waals surface area contributed by atoms with E-state index >= 15 is 0 Å². The Kier molecular flexibility index (Phi) is 6.74. The monoisotopic (exact) mass is 338 g/mol. The van der Waals surface area contributed by atoms with Crippen molar-refractivity contribution in [1.29, 1.82) is 0 Å². The number of nitrogens with zero attached hydrogens (tertiary/aromatic N) is 1. The third-order valence-electron chi connectivity index (χ3n) is 4.67. The predicted molar refractivity (Wildman–Crippen MR) is 105 cm³/mol. The summed E-state index contributed by atoms with van der Waals surface area (Å²) < 4.78 is 0. The molecule has 0 bridgehead atoms. The molecule has 1 aromatic heterocycles. The van der Waals surface area contributed by atoms with Gasteiger partial charge in [0.05, 0.1) is 0 Å². The van der Waals surface area contributed by atoms with Gasteiger partial charge < -0.3 is 5.32 Å². The van der Waals surface area contributed by atoms with Gasteiger partial charge in [0.2, 0.25) is 5.91 Å². The standard InChI is InChI=1S/C22H30N2O/c1-6-16(4)20-11-12-23-14-21(20)19-9-7-18(13-17(19)5)8-10-22(25)24-15(2)3/h7,9,11-16H,6,8,10H2,1-5H3,(H,24,25). The van der Waals surface area contributed by atoms with Gasteiger partial charge in [0, 0.05) is 30.4 Å². The molecule has 2 rings (SSSR count). The number of carbonyl (C=O) groups excluding carboxylic acids is 1. The molecule has 0 aliphatic heterocycles. The Labute approximate surface area is 151 Å². The molecule has 0 fully saturated rings. The molecule has 25 heavy (non-hydrogen) atoms. The molecule has 0 radical (unpaired) electrons. The maximum atomic E-state index is 11.8. The van der Waals surface area contributed by atoms with E-state index in [1.807, 2.05) is 26.2 Å². The molecule has 0 aliphatic rings. The normalized spacial score (nSPS) is 12.2. The number of hydrogen-bond acceptors (Lipinski definition) is 2. The van der Waals surface area contributed by atoms with Crippen LogP contribution in [0.15, 0.2) is 36.7 Å². The van der Waals surface area contributed by atoms with Crippen LogP contribution in [0.3, 0.4) is 0 Å². The second-order valence-corrected chi connectivity index (χ2v) is 7.14. The van der Waals surface area contributed by atoms with Crippen molar-refractivity contribution in [2.24, 2.45) is 0 Å². The molecule has 0 spiro atoms. The van der Waals surface area contributed by atoms with Crippen molar-refractivity contribution < 1.29 is 4.79 Å². The number of amides is 1. The Morgan fingerprint density at radius 3 is 2.56 bits per heavy atom. The first-order valence-electron chi connectivity index (χ1n) is 9.25. The molecule has 0 saturated heterocycles. The Balaban J connectivity index is 2.19. The lowest BCUT2D eigenvalue weighted by Crippen LogP contribution is -2.30. The minimum absolute atomic E-state index is 0.114. The van der Waals surface area contributed by atoms with Gasteiger partial charge in [-0.3, -0.25) is 9.78 Å². The van der Waals surface area contributed by atoms with Crippen LogP contribution in [0.2, 0.25) is 0 Å². The molecule has 0 saturated carbocycles. The van der Waals surface area contributed by atoms with Gasteiger partial charge in [0.15, 0.2) is 0 Å². The highest BCUT2D eigenvalue weighted by Gasteiger charge is 2.13. The van der Waals surface area contributed by atoms with Crippen molar-refractivity contribution in [1.82, 2.24) is 10.3 Å². The summed E-state index contributed by atoms with van der Waals surface area (Å²) in [6.45, 7) is 10.6. The number of aromatic nitrogens is 1. The predicted octanol–water partition coefficient (Wildman–Crippen LogP) is 5.03. The van der Waals surface area contributed by atoms with Crippen molar-refractivity contribution in [3.05, 3.63) is 53.3 Å². The molecule has 1 heterocycles. The second-order valence-electron chi connectivity index (χ2n) is 7.14. The molecular formula is C22H30N2O. The molecule has 2 aromatic rings. The molecule has 1 N–H and O–H groups in total. The minimum Gasteiger partial charge on any atom is -0.354 e. The Morgan fingerprint density at radius 2 is 1.92 bits per heavy atom. The van der Waals surface area contributed by atoms with Gasteiger partial charge in [-0.1, -0.05) is 32.0 Å². The van der Waals surface area contributed by atoms with Crippen LogP contribution in [0.1, 0.15) is 63.1 Å². The summed E-state index contributed by atoms with van der Waals surface area (Å²) in [6, 6.07) is 8.84. The molecule has 1 aromatic carbocycles. The van der Waals surface area contributed by atoms with Crippen LogP contribution < -0.4 is 5.32 Å². The number of hydrogen-bond donors (Lipinski definition) is 1. The number of benzene rings is 1. The average molecular weight is 338 g/mol. The van der Waals surface area contributed by atoms with E-state index in [0.717, 1.165) is 12.8 Å². The van der Waals surface area contributed by atoms with Gasteiger partial charge in [-0.2, -0.15) is 0 Å². The fraction of sp³-hybridized carbons (Fsp3) is 0.455. The van der Waals surface area contributed by atoms with Gasteiger partial charge in [-0.25, -0.2) is 0 Å². The zero-order valence-corrected chi connectivity index (χ0v) is 16.1. The summed E-state index contributed by atoms with van der Waals surface area (Å²) in [4.78, 5) is 16.2. The van der Waals surface area contributed by atoms with E-state index in [1.165, 1.54) is 27.8 Å². The fourth-order valence-electron chi connectivity index (χ4n) is 3.12. The average Bonchev–Trinajstić information content (AvgIpc) is 2.59. The highest BCUT2D eigenvalue weighted by atomic mass is 16.1. The summed E-state index contributed by atoms with van der Waals surface area (Å²) >= 11 is 0. The number of pyridine rings is 1. The topological polar surface area (TPSA) is 42.0 Å². The van der Waals surface area contributed by atoms with Crippen molar-refractivity contribution >= 4 is 5.91 Å². The van der Waals surface area contributed by atoms with Crippen LogP contribution >= 0.6 is 0 Å². The summed E-state index contributed by atoms with van der Waals surface area (Å²) in [5.74, 6) is 0.625. The van der Waals surface area contributed by atoms with Gasteiger partial charge in [-0.15, -0.1) is 0 Å². The third kappa shape index (κ3) is 5.15. The first-order valence-corrected chi connectivity index (χ1v) is 9.25. The smallest absolute Gasteiger partial charge is 0.220 e. The summed E-state index contributed by atoms with van der Waals surface area (Å²) in [5, 5.41) is 2.94. The molecule has 0 aliphatic carbocycles. The van der Waals surface area contributed by atoms with E-state index in [9.17, 15) is 4.79 Å². The zero-order valence-electron chi connectivity index (χ0n) is 16.1. The van der Waals surface area contributed by atoms with Crippen molar-refractivity contribution in [3.63, 3.8) is 0 Å². The summed E-state index contributed by atoms with van der Waals surface area (Å²) in [7, 11) is 0. The number of carbonyl (C=O) groups is 1. The van der Waals surface area contributed by atoms with Crippen LogP contribution in [-0.2, 0) is 11.2 Å². The molecule has 134 valence electrons. The van der Waals surface area contributed by atoms with Crippen LogP contribution in [0, 0.1) is 6.92 Å². The number of nitrogens with one attached hydrogen (secondary N) is 1. The van der Waals surface area contributed by atoms with Crippen molar-refractivity contribution in [2.45, 2.75) is 65.8 Å². The van der Waals surface area contributed by atoms with E-state index in [2.05, 4.69) is 55.3 Å².